The third-order valence-electron chi connectivity index (χ3n) is 5.60. The van der Waals surface area contributed by atoms with E-state index in [4.69, 9.17) is 4.98 Å². The molecule has 150 valence electrons. The van der Waals surface area contributed by atoms with Crippen LogP contribution in [0.4, 0.5) is 0 Å². The van der Waals surface area contributed by atoms with Crippen molar-refractivity contribution in [2.75, 3.05) is 13.1 Å². The number of benzene rings is 1. The van der Waals surface area contributed by atoms with Crippen molar-refractivity contribution in [3.05, 3.63) is 82.4 Å². The molecule has 29 heavy (non-hydrogen) atoms. The van der Waals surface area contributed by atoms with Crippen molar-refractivity contribution in [2.24, 2.45) is 7.05 Å². The minimum absolute atomic E-state index is 0.0652. The van der Waals surface area contributed by atoms with E-state index >= 15 is 0 Å². The quantitative estimate of drug-likeness (QED) is 0.678. The molecule has 4 rings (SSSR count). The van der Waals surface area contributed by atoms with E-state index in [-0.39, 0.29) is 11.8 Å². The van der Waals surface area contributed by atoms with E-state index < -0.39 is 0 Å². The van der Waals surface area contributed by atoms with Gasteiger partial charge < -0.3 is 4.90 Å². The van der Waals surface area contributed by atoms with Gasteiger partial charge in [0.1, 0.15) is 0 Å². The molecule has 0 saturated carbocycles. The Labute approximate surface area is 172 Å². The van der Waals surface area contributed by atoms with Gasteiger partial charge in [0, 0.05) is 43.6 Å². The standard InChI is InChI=1S/C24H28N4O/c1-17-6-4-7-19(10-17)12-20-11-18(2)26-23(13-20)21-8-5-9-28(16-21)24(29)22-14-25-27(3)15-22/h4,6-7,10-11,13-15,21H,5,8-9,12,16H2,1-3H3/t21-/m1/s1. The van der Waals surface area contributed by atoms with Crippen LogP contribution in [0.3, 0.4) is 0 Å². The predicted octanol–water partition coefficient (Wildman–Crippen LogP) is 4.04. The number of pyridine rings is 1. The first kappa shape index (κ1) is 19.4. The maximum Gasteiger partial charge on any atom is 0.257 e. The van der Waals surface area contributed by atoms with Gasteiger partial charge in [-0.3, -0.25) is 14.5 Å². The molecule has 0 bridgehead atoms. The molecule has 0 unspecified atom stereocenters. The fraction of sp³-hybridized carbons (Fsp3) is 0.375. The van der Waals surface area contributed by atoms with Crippen molar-refractivity contribution in [2.45, 2.75) is 39.0 Å². The summed E-state index contributed by atoms with van der Waals surface area (Å²) in [6.07, 6.45) is 6.41. The highest BCUT2D eigenvalue weighted by Crippen LogP contribution is 2.28. The molecule has 1 fully saturated rings. The monoisotopic (exact) mass is 388 g/mol. The lowest BCUT2D eigenvalue weighted by Gasteiger charge is -2.32. The van der Waals surface area contributed by atoms with Crippen LogP contribution in [0.2, 0.25) is 0 Å². The molecule has 1 aliphatic rings. The summed E-state index contributed by atoms with van der Waals surface area (Å²) in [6.45, 7) is 5.70. The summed E-state index contributed by atoms with van der Waals surface area (Å²) in [5, 5.41) is 4.14. The van der Waals surface area contributed by atoms with Crippen molar-refractivity contribution < 1.29 is 4.79 Å². The van der Waals surface area contributed by atoms with Crippen molar-refractivity contribution in [1.82, 2.24) is 19.7 Å². The minimum Gasteiger partial charge on any atom is -0.338 e. The minimum atomic E-state index is 0.0652. The summed E-state index contributed by atoms with van der Waals surface area (Å²) in [6, 6.07) is 13.1. The number of carbonyl (C=O) groups is 1. The number of nitrogens with zero attached hydrogens (tertiary/aromatic N) is 4. The van der Waals surface area contributed by atoms with E-state index in [0.717, 1.165) is 37.2 Å². The van der Waals surface area contributed by atoms with Crippen LogP contribution in [-0.4, -0.2) is 38.7 Å². The molecule has 1 amide bonds. The molecule has 5 nitrogen and oxygen atoms in total. The summed E-state index contributed by atoms with van der Waals surface area (Å²) in [7, 11) is 1.84. The van der Waals surface area contributed by atoms with Crippen LogP contribution < -0.4 is 0 Å². The first-order valence-corrected chi connectivity index (χ1v) is 10.3. The van der Waals surface area contributed by atoms with Gasteiger partial charge in [-0.05, 0) is 56.4 Å². The lowest BCUT2D eigenvalue weighted by atomic mass is 9.92. The zero-order valence-electron chi connectivity index (χ0n) is 17.4. The van der Waals surface area contributed by atoms with Gasteiger partial charge in [0.05, 0.1) is 11.8 Å². The highest BCUT2D eigenvalue weighted by molar-refractivity contribution is 5.93. The zero-order valence-corrected chi connectivity index (χ0v) is 17.4. The normalized spacial score (nSPS) is 16.8. The molecular formula is C24H28N4O. The van der Waals surface area contributed by atoms with Crippen LogP contribution in [0.25, 0.3) is 0 Å². The SMILES string of the molecule is Cc1cccc(Cc2cc(C)nc([C@@H]3CCCN(C(=O)c4cnn(C)c4)C3)c2)c1. The van der Waals surface area contributed by atoms with E-state index in [0.29, 0.717) is 12.1 Å². The number of piperidine rings is 1. The first-order chi connectivity index (χ1) is 14.0. The molecule has 0 N–H and O–H groups in total. The van der Waals surface area contributed by atoms with Gasteiger partial charge in [0.15, 0.2) is 0 Å². The van der Waals surface area contributed by atoms with E-state index in [2.05, 4.69) is 55.3 Å². The Morgan fingerprint density at radius 3 is 2.79 bits per heavy atom. The Morgan fingerprint density at radius 1 is 1.17 bits per heavy atom. The number of likely N-dealkylation sites (tertiary alicyclic amines) is 1. The van der Waals surface area contributed by atoms with Crippen LogP contribution in [0, 0.1) is 13.8 Å². The highest BCUT2D eigenvalue weighted by Gasteiger charge is 2.27. The third-order valence-corrected chi connectivity index (χ3v) is 5.60. The summed E-state index contributed by atoms with van der Waals surface area (Å²) < 4.78 is 1.67. The number of aromatic nitrogens is 3. The van der Waals surface area contributed by atoms with Gasteiger partial charge in [0.25, 0.3) is 5.91 Å². The van der Waals surface area contributed by atoms with Gasteiger partial charge >= 0.3 is 0 Å². The number of rotatable bonds is 4. The number of carbonyl (C=O) groups excluding carboxylic acids is 1. The Bertz CT molecular complexity index is 1020. The molecular weight excluding hydrogens is 360 g/mol. The summed E-state index contributed by atoms with van der Waals surface area (Å²) in [4.78, 5) is 19.6. The van der Waals surface area contributed by atoms with Crippen molar-refractivity contribution >= 4 is 5.91 Å². The smallest absolute Gasteiger partial charge is 0.257 e. The summed E-state index contributed by atoms with van der Waals surface area (Å²) in [5.74, 6) is 0.343. The number of amides is 1. The van der Waals surface area contributed by atoms with Crippen molar-refractivity contribution in [3.8, 4) is 0 Å². The van der Waals surface area contributed by atoms with Crippen molar-refractivity contribution in [1.29, 1.82) is 0 Å². The number of hydrogen-bond acceptors (Lipinski definition) is 3. The van der Waals surface area contributed by atoms with Crippen molar-refractivity contribution in [3.63, 3.8) is 0 Å². The fourth-order valence-electron chi connectivity index (χ4n) is 4.25. The number of aryl methyl sites for hydroxylation is 3. The summed E-state index contributed by atoms with van der Waals surface area (Å²) >= 11 is 0. The van der Waals surface area contributed by atoms with Crippen LogP contribution in [0.15, 0.2) is 48.8 Å². The van der Waals surface area contributed by atoms with E-state index in [1.807, 2.05) is 11.9 Å². The van der Waals surface area contributed by atoms with Gasteiger partial charge in [-0.2, -0.15) is 5.10 Å². The van der Waals surface area contributed by atoms with Gasteiger partial charge in [0.2, 0.25) is 0 Å². The Kier molecular flexibility index (Phi) is 5.47. The van der Waals surface area contributed by atoms with Crippen LogP contribution in [-0.2, 0) is 13.5 Å². The second-order valence-electron chi connectivity index (χ2n) is 8.20. The molecule has 0 radical (unpaired) electrons. The third kappa shape index (κ3) is 4.56. The van der Waals surface area contributed by atoms with Crippen LogP contribution >= 0.6 is 0 Å². The Balaban J connectivity index is 1.52. The molecule has 3 heterocycles. The molecule has 1 aromatic carbocycles. The fourth-order valence-corrected chi connectivity index (χ4v) is 4.25. The molecule has 1 atom stereocenters. The van der Waals surface area contributed by atoms with E-state index in [1.165, 1.54) is 16.7 Å². The highest BCUT2D eigenvalue weighted by atomic mass is 16.2. The van der Waals surface area contributed by atoms with Gasteiger partial charge in [-0.25, -0.2) is 0 Å². The molecule has 1 aliphatic heterocycles. The largest absolute Gasteiger partial charge is 0.338 e. The number of hydrogen-bond donors (Lipinski definition) is 0. The average Bonchev–Trinajstić information content (AvgIpc) is 3.13. The lowest BCUT2D eigenvalue weighted by Crippen LogP contribution is -2.39. The molecule has 3 aromatic rings. The van der Waals surface area contributed by atoms with E-state index in [9.17, 15) is 4.79 Å². The average molecular weight is 389 g/mol. The van der Waals surface area contributed by atoms with E-state index in [1.54, 1.807) is 17.1 Å². The predicted molar refractivity (Wildman–Crippen MR) is 114 cm³/mol. The maximum atomic E-state index is 12.8. The van der Waals surface area contributed by atoms with Crippen LogP contribution in [0.1, 0.15) is 57.2 Å². The maximum absolute atomic E-state index is 12.8. The Hall–Kier alpha value is -2.95. The second-order valence-corrected chi connectivity index (χ2v) is 8.20. The van der Waals surface area contributed by atoms with Gasteiger partial charge in [-0.1, -0.05) is 29.8 Å². The molecule has 5 heteroatoms. The lowest BCUT2D eigenvalue weighted by molar-refractivity contribution is 0.0706. The first-order valence-electron chi connectivity index (χ1n) is 10.3. The molecule has 0 aliphatic carbocycles. The molecule has 0 spiro atoms. The topological polar surface area (TPSA) is 51.0 Å². The zero-order chi connectivity index (χ0) is 20.4. The second kappa shape index (κ2) is 8.19. The molecule has 1 saturated heterocycles. The van der Waals surface area contributed by atoms with Gasteiger partial charge in [-0.15, -0.1) is 0 Å². The summed E-state index contributed by atoms with van der Waals surface area (Å²) in [5.41, 5.74) is 6.69. The van der Waals surface area contributed by atoms with Crippen LogP contribution in [0.5, 0.6) is 0 Å². The Morgan fingerprint density at radius 2 is 2.03 bits per heavy atom. The molecule has 2 aromatic heterocycles.